The highest BCUT2D eigenvalue weighted by molar-refractivity contribution is 5.80. The molecule has 18 heavy (non-hydrogen) atoms. The van der Waals surface area contributed by atoms with Crippen LogP contribution in [-0.4, -0.2) is 37.6 Å². The van der Waals surface area contributed by atoms with Crippen molar-refractivity contribution in [1.82, 2.24) is 5.32 Å². The number of phenols is 1. The van der Waals surface area contributed by atoms with Gasteiger partial charge in [-0.05, 0) is 38.1 Å². The maximum absolute atomic E-state index is 10.7. The van der Waals surface area contributed by atoms with E-state index >= 15 is 0 Å². The molecule has 4 heteroatoms. The summed E-state index contributed by atoms with van der Waals surface area (Å²) in [6, 6.07) is 5.29. The fourth-order valence-corrected chi connectivity index (χ4v) is 3.05. The van der Waals surface area contributed by atoms with Crippen molar-refractivity contribution in [2.45, 2.75) is 12.8 Å². The number of nitrogens with one attached hydrogen (secondary N) is 1. The molecule has 2 N–H and O–H groups in total. The number of anilines is 1. The summed E-state index contributed by atoms with van der Waals surface area (Å²) in [5.41, 5.74) is 1.85. The van der Waals surface area contributed by atoms with Gasteiger partial charge in [-0.2, -0.15) is 0 Å². The lowest BCUT2D eigenvalue weighted by atomic mass is 9.72. The predicted octanol–water partition coefficient (Wildman–Crippen LogP) is 1.39. The van der Waals surface area contributed by atoms with Gasteiger partial charge in [0, 0.05) is 30.3 Å². The summed E-state index contributed by atoms with van der Waals surface area (Å²) in [4.78, 5) is 12.9. The molecular weight excluding hydrogens is 228 g/mol. The van der Waals surface area contributed by atoms with Gasteiger partial charge in [-0.25, -0.2) is 0 Å². The molecule has 0 amide bonds. The minimum atomic E-state index is 0.0776. The molecule has 2 saturated heterocycles. The molecule has 1 aromatic carbocycles. The molecule has 2 aliphatic rings. The van der Waals surface area contributed by atoms with Gasteiger partial charge in [0.25, 0.3) is 0 Å². The van der Waals surface area contributed by atoms with E-state index in [1.54, 1.807) is 12.1 Å². The van der Waals surface area contributed by atoms with Crippen molar-refractivity contribution in [2.24, 2.45) is 5.41 Å². The second-order valence-electron chi connectivity index (χ2n) is 5.47. The lowest BCUT2D eigenvalue weighted by Gasteiger charge is -2.53. The Morgan fingerprint density at radius 1 is 1.28 bits per heavy atom. The quantitative estimate of drug-likeness (QED) is 0.774. The highest BCUT2D eigenvalue weighted by atomic mass is 16.3. The molecule has 96 valence electrons. The average molecular weight is 246 g/mol. The van der Waals surface area contributed by atoms with Gasteiger partial charge in [0.05, 0.1) is 5.56 Å². The fraction of sp³-hybridized carbons (Fsp3) is 0.500. The van der Waals surface area contributed by atoms with Crippen LogP contribution in [0.3, 0.4) is 0 Å². The lowest BCUT2D eigenvalue weighted by Crippen LogP contribution is -2.60. The Hall–Kier alpha value is -1.55. The Bertz CT molecular complexity index is 459. The average Bonchev–Trinajstić information content (AvgIpc) is 2.37. The van der Waals surface area contributed by atoms with E-state index in [0.717, 1.165) is 31.9 Å². The first kappa shape index (κ1) is 11.5. The van der Waals surface area contributed by atoms with Crippen LogP contribution in [0.25, 0.3) is 0 Å². The Morgan fingerprint density at radius 3 is 2.61 bits per heavy atom. The molecule has 0 radical (unpaired) electrons. The number of rotatable bonds is 2. The van der Waals surface area contributed by atoms with E-state index in [9.17, 15) is 9.90 Å². The fourth-order valence-electron chi connectivity index (χ4n) is 3.05. The second kappa shape index (κ2) is 4.28. The Morgan fingerprint density at radius 2 is 2.00 bits per heavy atom. The van der Waals surface area contributed by atoms with Gasteiger partial charge >= 0.3 is 0 Å². The first-order valence-corrected chi connectivity index (χ1v) is 6.46. The van der Waals surface area contributed by atoms with Crippen LogP contribution >= 0.6 is 0 Å². The monoisotopic (exact) mass is 246 g/mol. The Labute approximate surface area is 107 Å². The van der Waals surface area contributed by atoms with E-state index in [1.807, 2.05) is 6.07 Å². The number of carbonyl (C=O) groups is 1. The van der Waals surface area contributed by atoms with Gasteiger partial charge < -0.3 is 15.3 Å². The minimum Gasteiger partial charge on any atom is -0.507 e. The number of piperidine rings is 1. The third-order valence-electron chi connectivity index (χ3n) is 4.22. The largest absolute Gasteiger partial charge is 0.507 e. The Balaban J connectivity index is 1.71. The molecule has 3 rings (SSSR count). The number of phenolic OH excluding ortho intramolecular Hbond substituents is 1. The summed E-state index contributed by atoms with van der Waals surface area (Å²) >= 11 is 0. The van der Waals surface area contributed by atoms with Gasteiger partial charge in [0.1, 0.15) is 5.75 Å². The summed E-state index contributed by atoms with van der Waals surface area (Å²) in [6.07, 6.45) is 3.16. The zero-order valence-electron chi connectivity index (χ0n) is 10.4. The van der Waals surface area contributed by atoms with Crippen molar-refractivity contribution in [1.29, 1.82) is 0 Å². The first-order chi connectivity index (χ1) is 8.72. The Kier molecular flexibility index (Phi) is 2.74. The maximum atomic E-state index is 10.7. The van der Waals surface area contributed by atoms with Crippen LogP contribution in [0.2, 0.25) is 0 Å². The zero-order valence-corrected chi connectivity index (χ0v) is 10.4. The van der Waals surface area contributed by atoms with Gasteiger partial charge in [-0.3, -0.25) is 4.79 Å². The van der Waals surface area contributed by atoms with Gasteiger partial charge in [-0.15, -0.1) is 0 Å². The summed E-state index contributed by atoms with van der Waals surface area (Å²) in [7, 11) is 0. The van der Waals surface area contributed by atoms with Crippen molar-refractivity contribution >= 4 is 12.0 Å². The number of nitrogens with zero attached hydrogens (tertiary/aromatic N) is 1. The van der Waals surface area contributed by atoms with Crippen molar-refractivity contribution in [3.63, 3.8) is 0 Å². The van der Waals surface area contributed by atoms with Crippen LogP contribution in [0, 0.1) is 5.41 Å². The van der Waals surface area contributed by atoms with E-state index in [-0.39, 0.29) is 5.75 Å². The minimum absolute atomic E-state index is 0.0776. The van der Waals surface area contributed by atoms with Crippen LogP contribution in [-0.2, 0) is 0 Å². The van der Waals surface area contributed by atoms with E-state index in [2.05, 4.69) is 10.2 Å². The van der Waals surface area contributed by atoms with Crippen molar-refractivity contribution in [2.75, 3.05) is 31.1 Å². The highest BCUT2D eigenvalue weighted by Gasteiger charge is 2.43. The number of carbonyl (C=O) groups excluding carboxylic acids is 1. The molecule has 0 saturated carbocycles. The summed E-state index contributed by atoms with van der Waals surface area (Å²) in [5.74, 6) is 0.0776. The molecule has 0 aliphatic carbocycles. The molecule has 2 aliphatic heterocycles. The maximum Gasteiger partial charge on any atom is 0.153 e. The van der Waals surface area contributed by atoms with Crippen molar-refractivity contribution in [3.8, 4) is 5.75 Å². The van der Waals surface area contributed by atoms with E-state index in [1.165, 1.54) is 12.8 Å². The smallest absolute Gasteiger partial charge is 0.153 e. The molecule has 2 fully saturated rings. The highest BCUT2D eigenvalue weighted by Crippen LogP contribution is 2.41. The van der Waals surface area contributed by atoms with Crippen LogP contribution in [0.1, 0.15) is 23.2 Å². The topological polar surface area (TPSA) is 52.6 Å². The summed E-state index contributed by atoms with van der Waals surface area (Å²) in [6.45, 7) is 4.36. The number of hydrogen-bond donors (Lipinski definition) is 2. The number of hydrogen-bond acceptors (Lipinski definition) is 4. The van der Waals surface area contributed by atoms with Gasteiger partial charge in [0.2, 0.25) is 0 Å². The molecular formula is C14H18N2O2. The first-order valence-electron chi connectivity index (χ1n) is 6.46. The molecule has 2 heterocycles. The molecule has 0 unspecified atom stereocenters. The molecule has 1 aromatic rings. The van der Waals surface area contributed by atoms with Gasteiger partial charge in [-0.1, -0.05) is 0 Å². The molecule has 0 atom stereocenters. The van der Waals surface area contributed by atoms with Gasteiger partial charge in [0.15, 0.2) is 6.29 Å². The standard InChI is InChI=1S/C14H18N2O2/c17-8-11-1-2-12(7-13(11)18)16-9-14(10-16)3-5-15-6-4-14/h1-2,7-8,15,18H,3-6,9-10H2. The zero-order chi connectivity index (χ0) is 12.6. The molecule has 4 nitrogen and oxygen atoms in total. The SMILES string of the molecule is O=Cc1ccc(N2CC3(CCNCC3)C2)cc1O. The molecule has 0 bridgehead atoms. The van der Waals surface area contributed by atoms with Crippen LogP contribution in [0.15, 0.2) is 18.2 Å². The normalized spacial score (nSPS) is 21.7. The van der Waals surface area contributed by atoms with Crippen LogP contribution in [0.5, 0.6) is 5.75 Å². The lowest BCUT2D eigenvalue weighted by molar-refractivity contribution is 0.112. The molecule has 1 spiro atoms. The predicted molar refractivity (Wildman–Crippen MR) is 70.2 cm³/mol. The summed E-state index contributed by atoms with van der Waals surface area (Å²) < 4.78 is 0. The molecule has 0 aromatic heterocycles. The van der Waals surface area contributed by atoms with Crippen molar-refractivity contribution < 1.29 is 9.90 Å². The third-order valence-corrected chi connectivity index (χ3v) is 4.22. The van der Waals surface area contributed by atoms with Crippen molar-refractivity contribution in [3.05, 3.63) is 23.8 Å². The van der Waals surface area contributed by atoms with E-state index < -0.39 is 0 Å². The second-order valence-corrected chi connectivity index (χ2v) is 5.47. The van der Waals surface area contributed by atoms with E-state index in [4.69, 9.17) is 0 Å². The third kappa shape index (κ3) is 1.86. The number of benzene rings is 1. The number of aromatic hydroxyl groups is 1. The summed E-state index contributed by atoms with van der Waals surface area (Å²) in [5, 5.41) is 13.1. The van der Waals surface area contributed by atoms with Crippen LogP contribution in [0.4, 0.5) is 5.69 Å². The van der Waals surface area contributed by atoms with E-state index in [0.29, 0.717) is 17.3 Å². The number of aldehydes is 1. The van der Waals surface area contributed by atoms with Crippen LogP contribution < -0.4 is 10.2 Å².